The number of hydrogen-bond donors (Lipinski definition) is 1. The lowest BCUT2D eigenvalue weighted by Crippen LogP contribution is -2.09. The molecule has 0 bridgehead atoms. The number of amides is 1. The first-order valence-electron chi connectivity index (χ1n) is 4.09. The molecule has 13 heavy (non-hydrogen) atoms. The van der Waals surface area contributed by atoms with E-state index in [-0.39, 0.29) is 5.91 Å². The average molecular weight is 176 g/mol. The number of aryl methyl sites for hydroxylation is 1. The summed E-state index contributed by atoms with van der Waals surface area (Å²) < 4.78 is 0. The van der Waals surface area contributed by atoms with E-state index in [1.807, 2.05) is 19.1 Å². The predicted octanol–water partition coefficient (Wildman–Crippen LogP) is 1.90. The van der Waals surface area contributed by atoms with E-state index < -0.39 is 0 Å². The van der Waals surface area contributed by atoms with Gasteiger partial charge in [0.2, 0.25) is 5.91 Å². The molecule has 1 amide bonds. The Bertz CT molecular complexity index is 331. The van der Waals surface area contributed by atoms with Crippen molar-refractivity contribution in [1.82, 2.24) is 4.98 Å². The molecule has 0 radical (unpaired) electrons. The second kappa shape index (κ2) is 4.40. The molecule has 0 fully saturated rings. The van der Waals surface area contributed by atoms with Crippen molar-refractivity contribution in [2.45, 2.75) is 13.8 Å². The van der Waals surface area contributed by atoms with Crippen molar-refractivity contribution in [3.05, 3.63) is 36.0 Å². The highest BCUT2D eigenvalue weighted by Crippen LogP contribution is 2.03. The number of rotatable bonds is 2. The highest BCUT2D eigenvalue weighted by atomic mass is 16.1. The van der Waals surface area contributed by atoms with Crippen LogP contribution in [0.5, 0.6) is 0 Å². The highest BCUT2D eigenvalue weighted by molar-refractivity contribution is 5.98. The summed E-state index contributed by atoms with van der Waals surface area (Å²) in [5.74, 6) is 0.434. The van der Waals surface area contributed by atoms with Crippen LogP contribution < -0.4 is 5.32 Å². The Morgan fingerprint density at radius 3 is 2.92 bits per heavy atom. The van der Waals surface area contributed by atoms with Gasteiger partial charge in [-0.15, -0.1) is 0 Å². The Labute approximate surface area is 77.5 Å². The molecule has 1 aromatic rings. The molecule has 1 aromatic heterocycles. The molecule has 0 saturated heterocycles. The van der Waals surface area contributed by atoms with Gasteiger partial charge in [-0.3, -0.25) is 4.79 Å². The summed E-state index contributed by atoms with van der Waals surface area (Å²) in [4.78, 5) is 15.2. The number of pyridine rings is 1. The minimum Gasteiger partial charge on any atom is -0.307 e. The molecular formula is C10H12N2O. The third-order valence-corrected chi connectivity index (χ3v) is 1.46. The Morgan fingerprint density at radius 2 is 2.31 bits per heavy atom. The molecule has 1 rings (SSSR count). The second-order valence-electron chi connectivity index (χ2n) is 2.65. The number of aromatic nitrogens is 1. The van der Waals surface area contributed by atoms with Crippen molar-refractivity contribution in [3.8, 4) is 0 Å². The van der Waals surface area contributed by atoms with Crippen molar-refractivity contribution in [3.63, 3.8) is 0 Å². The fourth-order valence-electron chi connectivity index (χ4n) is 0.932. The van der Waals surface area contributed by atoms with Crippen LogP contribution in [0.4, 0.5) is 5.82 Å². The third-order valence-electron chi connectivity index (χ3n) is 1.46. The van der Waals surface area contributed by atoms with E-state index in [0.29, 0.717) is 5.82 Å². The summed E-state index contributed by atoms with van der Waals surface area (Å²) in [5.41, 5.74) is 0.887. The van der Waals surface area contributed by atoms with Crippen LogP contribution in [0.15, 0.2) is 30.4 Å². The molecule has 3 nitrogen and oxygen atoms in total. The van der Waals surface area contributed by atoms with Gasteiger partial charge in [-0.25, -0.2) is 4.98 Å². The number of nitrogens with one attached hydrogen (secondary N) is 1. The maximum absolute atomic E-state index is 11.1. The molecule has 0 spiro atoms. The van der Waals surface area contributed by atoms with Gasteiger partial charge in [0.05, 0.1) is 0 Å². The molecule has 0 aliphatic carbocycles. The lowest BCUT2D eigenvalue weighted by atomic mass is 10.3. The van der Waals surface area contributed by atoms with E-state index in [1.54, 1.807) is 19.1 Å². The van der Waals surface area contributed by atoms with Crippen molar-refractivity contribution >= 4 is 11.7 Å². The Hall–Kier alpha value is -1.64. The van der Waals surface area contributed by atoms with E-state index >= 15 is 0 Å². The lowest BCUT2D eigenvalue weighted by Gasteiger charge is -2.00. The van der Waals surface area contributed by atoms with Crippen LogP contribution in [0.3, 0.4) is 0 Å². The van der Waals surface area contributed by atoms with Crippen LogP contribution in [0.2, 0.25) is 0 Å². The topological polar surface area (TPSA) is 42.0 Å². The van der Waals surface area contributed by atoms with Crippen LogP contribution in [0.25, 0.3) is 0 Å². The van der Waals surface area contributed by atoms with E-state index in [9.17, 15) is 4.79 Å². The number of allylic oxidation sites excluding steroid dienone is 1. The molecule has 0 aliphatic heterocycles. The summed E-state index contributed by atoms with van der Waals surface area (Å²) in [5, 5.41) is 2.65. The van der Waals surface area contributed by atoms with E-state index in [0.717, 1.165) is 5.69 Å². The second-order valence-corrected chi connectivity index (χ2v) is 2.65. The molecule has 0 unspecified atom stereocenters. The molecule has 0 saturated carbocycles. The summed E-state index contributed by atoms with van der Waals surface area (Å²) in [7, 11) is 0. The Kier molecular flexibility index (Phi) is 3.20. The number of hydrogen-bond acceptors (Lipinski definition) is 2. The summed E-state index contributed by atoms with van der Waals surface area (Å²) in [6, 6.07) is 5.49. The molecule has 68 valence electrons. The molecule has 0 aliphatic rings. The molecular weight excluding hydrogens is 164 g/mol. The van der Waals surface area contributed by atoms with Gasteiger partial charge in [-0.05, 0) is 32.1 Å². The average Bonchev–Trinajstić information content (AvgIpc) is 2.04. The molecule has 0 aromatic carbocycles. The van der Waals surface area contributed by atoms with Crippen molar-refractivity contribution in [2.75, 3.05) is 5.32 Å². The standard InChI is InChI=1S/C10H12N2O/c1-3-5-10(13)12-9-7-4-6-8(2)11-9/h3-7H,1-2H3,(H,11,12,13). The molecule has 0 atom stereocenters. The van der Waals surface area contributed by atoms with Crippen LogP contribution in [0, 0.1) is 6.92 Å². The van der Waals surface area contributed by atoms with Gasteiger partial charge in [0, 0.05) is 5.69 Å². The summed E-state index contributed by atoms with van der Waals surface area (Å²) >= 11 is 0. The van der Waals surface area contributed by atoms with Crippen molar-refractivity contribution in [2.24, 2.45) is 0 Å². The summed E-state index contributed by atoms with van der Waals surface area (Å²) in [6.07, 6.45) is 3.15. The molecule has 1 N–H and O–H groups in total. The van der Waals surface area contributed by atoms with Gasteiger partial charge in [0.25, 0.3) is 0 Å². The smallest absolute Gasteiger partial charge is 0.249 e. The number of carbonyl (C=O) groups is 1. The van der Waals surface area contributed by atoms with Gasteiger partial charge in [0.1, 0.15) is 5.82 Å². The van der Waals surface area contributed by atoms with Crippen LogP contribution >= 0.6 is 0 Å². The zero-order valence-electron chi connectivity index (χ0n) is 7.74. The van der Waals surface area contributed by atoms with Crippen molar-refractivity contribution in [1.29, 1.82) is 0 Å². The fraction of sp³-hybridized carbons (Fsp3) is 0.200. The Balaban J connectivity index is 2.69. The summed E-state index contributed by atoms with van der Waals surface area (Å²) in [6.45, 7) is 3.68. The first kappa shape index (κ1) is 9.45. The van der Waals surface area contributed by atoms with Gasteiger partial charge in [-0.1, -0.05) is 12.1 Å². The van der Waals surface area contributed by atoms with E-state index in [1.165, 1.54) is 6.08 Å². The normalized spacial score (nSPS) is 10.3. The minimum atomic E-state index is -0.152. The van der Waals surface area contributed by atoms with Gasteiger partial charge in [0.15, 0.2) is 0 Å². The quantitative estimate of drug-likeness (QED) is 0.699. The fourth-order valence-corrected chi connectivity index (χ4v) is 0.932. The number of nitrogens with zero attached hydrogens (tertiary/aromatic N) is 1. The van der Waals surface area contributed by atoms with E-state index in [4.69, 9.17) is 0 Å². The van der Waals surface area contributed by atoms with Gasteiger partial charge in [-0.2, -0.15) is 0 Å². The third kappa shape index (κ3) is 3.07. The minimum absolute atomic E-state index is 0.152. The maximum Gasteiger partial charge on any atom is 0.249 e. The first-order valence-corrected chi connectivity index (χ1v) is 4.09. The maximum atomic E-state index is 11.1. The van der Waals surface area contributed by atoms with Gasteiger partial charge < -0.3 is 5.32 Å². The van der Waals surface area contributed by atoms with E-state index in [2.05, 4.69) is 10.3 Å². The van der Waals surface area contributed by atoms with Crippen molar-refractivity contribution < 1.29 is 4.79 Å². The molecule has 1 heterocycles. The lowest BCUT2D eigenvalue weighted by molar-refractivity contribution is -0.111. The van der Waals surface area contributed by atoms with Crippen LogP contribution in [-0.4, -0.2) is 10.9 Å². The monoisotopic (exact) mass is 176 g/mol. The highest BCUT2D eigenvalue weighted by Gasteiger charge is 1.97. The zero-order chi connectivity index (χ0) is 9.68. The van der Waals surface area contributed by atoms with Crippen LogP contribution in [0.1, 0.15) is 12.6 Å². The molecule has 3 heteroatoms. The zero-order valence-corrected chi connectivity index (χ0v) is 7.74. The van der Waals surface area contributed by atoms with Gasteiger partial charge >= 0.3 is 0 Å². The SMILES string of the molecule is CC=CC(=O)Nc1cccc(C)n1. The largest absolute Gasteiger partial charge is 0.307 e. The number of carbonyl (C=O) groups excluding carboxylic acids is 1. The predicted molar refractivity (Wildman–Crippen MR) is 52.4 cm³/mol. The Morgan fingerprint density at radius 1 is 1.54 bits per heavy atom. The number of anilines is 1. The first-order chi connectivity index (χ1) is 6.22. The van der Waals surface area contributed by atoms with Crippen LogP contribution in [-0.2, 0) is 4.79 Å².